The Kier molecular flexibility index (Phi) is 5.53. The number of nitrogens with one attached hydrogen (secondary N) is 1. The molecule has 1 unspecified atom stereocenters. The van der Waals surface area contributed by atoms with Gasteiger partial charge in [0.2, 0.25) is 5.91 Å². The van der Waals surface area contributed by atoms with E-state index in [1.54, 1.807) is 0 Å². The molecule has 0 aliphatic heterocycles. The second-order valence-corrected chi connectivity index (χ2v) is 4.04. The van der Waals surface area contributed by atoms with Gasteiger partial charge in [-0.25, -0.2) is 0 Å². The van der Waals surface area contributed by atoms with E-state index < -0.39 is 0 Å². The largest absolute Gasteiger partial charge is 0.494 e. The molecule has 1 aromatic carbocycles. The molecule has 3 nitrogen and oxygen atoms in total. The van der Waals surface area contributed by atoms with Gasteiger partial charge in [-0.05, 0) is 38.0 Å². The first kappa shape index (κ1) is 13.6. The summed E-state index contributed by atoms with van der Waals surface area (Å²) in [5, 5.41) is 2.97. The van der Waals surface area contributed by atoms with Gasteiger partial charge in [0.05, 0.1) is 12.6 Å². The summed E-state index contributed by atoms with van der Waals surface area (Å²) in [7, 11) is 0. The number of carbonyl (C=O) groups excluding carboxylic acids is 1. The molecule has 0 saturated heterocycles. The van der Waals surface area contributed by atoms with Crippen LogP contribution in [0.25, 0.3) is 0 Å². The second kappa shape index (κ2) is 6.94. The lowest BCUT2D eigenvalue weighted by atomic mass is 10.1. The molecule has 0 aliphatic carbocycles. The summed E-state index contributed by atoms with van der Waals surface area (Å²) in [5.41, 5.74) is 1.10. The van der Waals surface area contributed by atoms with Gasteiger partial charge in [-0.15, -0.1) is 0 Å². The maximum Gasteiger partial charge on any atom is 0.220 e. The lowest BCUT2D eigenvalue weighted by Gasteiger charge is -2.14. The van der Waals surface area contributed by atoms with E-state index in [0.29, 0.717) is 13.0 Å². The third-order valence-corrected chi connectivity index (χ3v) is 2.55. The van der Waals surface area contributed by atoms with Gasteiger partial charge in [0.25, 0.3) is 0 Å². The Hall–Kier alpha value is -1.51. The predicted octanol–water partition coefficient (Wildman–Crippen LogP) is 3.06. The standard InChI is InChI=1S/C14H21NO2/c1-4-6-14(16)15-11(3)12-7-9-13(10-8-12)17-5-2/h7-11H,4-6H2,1-3H3,(H,15,16). The Morgan fingerprint density at radius 1 is 1.29 bits per heavy atom. The van der Waals surface area contributed by atoms with Crippen molar-refractivity contribution in [2.75, 3.05) is 6.61 Å². The summed E-state index contributed by atoms with van der Waals surface area (Å²) in [6.07, 6.45) is 1.46. The van der Waals surface area contributed by atoms with E-state index >= 15 is 0 Å². The first-order valence-corrected chi connectivity index (χ1v) is 6.19. The van der Waals surface area contributed by atoms with E-state index in [1.807, 2.05) is 45.0 Å². The number of ether oxygens (including phenoxy) is 1. The van der Waals surface area contributed by atoms with Crippen LogP contribution in [-0.2, 0) is 4.79 Å². The predicted molar refractivity (Wildman–Crippen MR) is 69.1 cm³/mol. The molecule has 1 aromatic rings. The van der Waals surface area contributed by atoms with Crippen LogP contribution in [-0.4, -0.2) is 12.5 Å². The normalized spacial score (nSPS) is 11.9. The molecule has 0 aromatic heterocycles. The molecule has 1 amide bonds. The molecule has 3 heteroatoms. The van der Waals surface area contributed by atoms with Crippen molar-refractivity contribution in [3.8, 4) is 5.75 Å². The molecule has 17 heavy (non-hydrogen) atoms. The molecule has 0 bridgehead atoms. The van der Waals surface area contributed by atoms with E-state index in [1.165, 1.54) is 0 Å². The van der Waals surface area contributed by atoms with Crippen LogP contribution < -0.4 is 10.1 Å². The highest BCUT2D eigenvalue weighted by molar-refractivity contribution is 5.76. The van der Waals surface area contributed by atoms with Crippen molar-refractivity contribution in [3.05, 3.63) is 29.8 Å². The van der Waals surface area contributed by atoms with Crippen LogP contribution in [0.2, 0.25) is 0 Å². The van der Waals surface area contributed by atoms with E-state index in [-0.39, 0.29) is 11.9 Å². The molecule has 1 rings (SSSR count). The van der Waals surface area contributed by atoms with E-state index in [0.717, 1.165) is 17.7 Å². The van der Waals surface area contributed by atoms with E-state index in [9.17, 15) is 4.79 Å². The molecule has 0 spiro atoms. The number of carbonyl (C=O) groups is 1. The number of rotatable bonds is 6. The summed E-state index contributed by atoms with van der Waals surface area (Å²) in [6, 6.07) is 7.89. The molecule has 0 aliphatic rings. The van der Waals surface area contributed by atoms with Crippen LogP contribution in [0.15, 0.2) is 24.3 Å². The summed E-state index contributed by atoms with van der Waals surface area (Å²) >= 11 is 0. The Balaban J connectivity index is 2.56. The number of benzene rings is 1. The highest BCUT2D eigenvalue weighted by atomic mass is 16.5. The number of hydrogen-bond donors (Lipinski definition) is 1. The average molecular weight is 235 g/mol. The first-order valence-electron chi connectivity index (χ1n) is 6.19. The lowest BCUT2D eigenvalue weighted by molar-refractivity contribution is -0.121. The summed E-state index contributed by atoms with van der Waals surface area (Å²) in [6.45, 7) is 6.62. The summed E-state index contributed by atoms with van der Waals surface area (Å²) in [5.74, 6) is 0.970. The van der Waals surface area contributed by atoms with Crippen LogP contribution in [0, 0.1) is 0 Å². The van der Waals surface area contributed by atoms with Gasteiger partial charge in [0, 0.05) is 6.42 Å². The fourth-order valence-electron chi connectivity index (χ4n) is 1.64. The molecule has 1 N–H and O–H groups in total. The molecule has 0 saturated carbocycles. The van der Waals surface area contributed by atoms with E-state index in [4.69, 9.17) is 4.74 Å². The highest BCUT2D eigenvalue weighted by Crippen LogP contribution is 2.17. The van der Waals surface area contributed by atoms with Crippen LogP contribution in [0.1, 0.15) is 45.2 Å². The summed E-state index contributed by atoms with van der Waals surface area (Å²) in [4.78, 5) is 11.5. The summed E-state index contributed by atoms with van der Waals surface area (Å²) < 4.78 is 5.37. The Bertz CT molecular complexity index is 346. The van der Waals surface area contributed by atoms with Crippen molar-refractivity contribution in [3.63, 3.8) is 0 Å². The van der Waals surface area contributed by atoms with Crippen molar-refractivity contribution in [1.82, 2.24) is 5.32 Å². The molecule has 1 atom stereocenters. The topological polar surface area (TPSA) is 38.3 Å². The fraction of sp³-hybridized carbons (Fsp3) is 0.500. The number of amides is 1. The van der Waals surface area contributed by atoms with Gasteiger partial charge in [0.1, 0.15) is 5.75 Å². The molecular formula is C14H21NO2. The Labute approximate surface area is 103 Å². The SMILES string of the molecule is CCCC(=O)NC(C)c1ccc(OCC)cc1. The van der Waals surface area contributed by atoms with Gasteiger partial charge >= 0.3 is 0 Å². The van der Waals surface area contributed by atoms with Crippen LogP contribution >= 0.6 is 0 Å². The van der Waals surface area contributed by atoms with Gasteiger partial charge in [0.15, 0.2) is 0 Å². The zero-order chi connectivity index (χ0) is 12.7. The third-order valence-electron chi connectivity index (χ3n) is 2.55. The van der Waals surface area contributed by atoms with Crippen LogP contribution in [0.3, 0.4) is 0 Å². The quantitative estimate of drug-likeness (QED) is 0.823. The minimum absolute atomic E-state index is 0.0460. The van der Waals surface area contributed by atoms with Crippen molar-refractivity contribution in [2.24, 2.45) is 0 Å². The fourth-order valence-corrected chi connectivity index (χ4v) is 1.64. The van der Waals surface area contributed by atoms with Crippen molar-refractivity contribution < 1.29 is 9.53 Å². The molecule has 0 fully saturated rings. The molecule has 94 valence electrons. The zero-order valence-electron chi connectivity index (χ0n) is 10.8. The number of hydrogen-bond acceptors (Lipinski definition) is 2. The first-order chi connectivity index (χ1) is 8.17. The van der Waals surface area contributed by atoms with Crippen molar-refractivity contribution >= 4 is 5.91 Å². The van der Waals surface area contributed by atoms with Crippen LogP contribution in [0.5, 0.6) is 5.75 Å². The van der Waals surface area contributed by atoms with E-state index in [2.05, 4.69) is 5.32 Å². The average Bonchev–Trinajstić information content (AvgIpc) is 2.30. The third kappa shape index (κ3) is 4.47. The molecule has 0 heterocycles. The lowest BCUT2D eigenvalue weighted by Crippen LogP contribution is -2.26. The maximum atomic E-state index is 11.5. The monoisotopic (exact) mass is 235 g/mol. The zero-order valence-corrected chi connectivity index (χ0v) is 10.8. The Morgan fingerprint density at radius 3 is 2.47 bits per heavy atom. The van der Waals surface area contributed by atoms with Gasteiger partial charge in [-0.2, -0.15) is 0 Å². The molecular weight excluding hydrogens is 214 g/mol. The maximum absolute atomic E-state index is 11.5. The van der Waals surface area contributed by atoms with Crippen molar-refractivity contribution in [2.45, 2.75) is 39.7 Å². The Morgan fingerprint density at radius 2 is 1.94 bits per heavy atom. The smallest absolute Gasteiger partial charge is 0.220 e. The van der Waals surface area contributed by atoms with Gasteiger partial charge in [-0.3, -0.25) is 4.79 Å². The second-order valence-electron chi connectivity index (χ2n) is 4.04. The molecule has 0 radical (unpaired) electrons. The van der Waals surface area contributed by atoms with Gasteiger partial charge < -0.3 is 10.1 Å². The minimum atomic E-state index is 0.0460. The van der Waals surface area contributed by atoms with Gasteiger partial charge in [-0.1, -0.05) is 19.1 Å². The van der Waals surface area contributed by atoms with Crippen molar-refractivity contribution in [1.29, 1.82) is 0 Å². The highest BCUT2D eigenvalue weighted by Gasteiger charge is 2.08. The van der Waals surface area contributed by atoms with Crippen LogP contribution in [0.4, 0.5) is 0 Å². The minimum Gasteiger partial charge on any atom is -0.494 e.